The lowest BCUT2D eigenvalue weighted by Crippen LogP contribution is -2.30. The summed E-state index contributed by atoms with van der Waals surface area (Å²) >= 11 is 0. The molecule has 0 aromatic heterocycles. The van der Waals surface area contributed by atoms with Crippen LogP contribution in [0.5, 0.6) is 0 Å². The van der Waals surface area contributed by atoms with E-state index in [1.54, 1.807) is 84.9 Å². The fourth-order valence-electron chi connectivity index (χ4n) is 7.15. The smallest absolute Gasteiger partial charge is 0.296 e. The number of likely N-dealkylation sites (N-methyl/N-ethyl adjacent to an activating group) is 1. The summed E-state index contributed by atoms with van der Waals surface area (Å²) in [5, 5.41) is 29.2. The first-order valence-corrected chi connectivity index (χ1v) is 49.0. The number of allylic oxidation sites excluding steroid dienone is 8. The van der Waals surface area contributed by atoms with Crippen molar-refractivity contribution in [1.29, 1.82) is 0 Å². The number of terminal acetylenes is 1. The molecule has 0 rings (SSSR count). The second kappa shape index (κ2) is 120. The normalized spacial score (nSPS) is 10.0. The number of hydrogen-bond donors (Lipinski definition) is 12. The van der Waals surface area contributed by atoms with E-state index in [0.717, 1.165) is 41.8 Å². The van der Waals surface area contributed by atoms with Crippen molar-refractivity contribution in [2.24, 2.45) is 23.7 Å². The van der Waals surface area contributed by atoms with Crippen molar-refractivity contribution in [3.05, 3.63) is 158 Å². The Labute approximate surface area is 891 Å². The van der Waals surface area contributed by atoms with Gasteiger partial charge in [0.1, 0.15) is 11.7 Å². The number of Topliss-reactive ketones (excluding diaryl/α,β-unsaturated/α-hetero) is 1. The number of nitrogens with zero attached hydrogens (tertiary/aromatic N) is 1. The zero-order valence-electron chi connectivity index (χ0n) is 96.1. The van der Waals surface area contributed by atoms with Gasteiger partial charge in [-0.15, -0.1) is 6.42 Å². The highest BCUT2D eigenvalue weighted by Gasteiger charge is 2.09. The Hall–Kier alpha value is -12.4. The molecule has 0 saturated carbocycles. The maximum atomic E-state index is 12.0. The van der Waals surface area contributed by atoms with Crippen LogP contribution in [0.25, 0.3) is 0 Å². The standard InChI is InChI=1S/C9H18N2O.C8H15NO.2C8H14O.2C7H12FNO.C7H13NO.C7H11NO.C7H10O.C6H9F2NO.2C6H10FNO.C6H11NO.C6H9NO.C6H10O.C5H11NO2S.2CH4/c1-8(2)10-9(12)6-5-7-11(3)4;1-6(2)5-8(10)9-7(3)4;2*1-4-5-8(9)6-7(2)3;2*1-5(2)9-7(10)4-6(3)8;1-5(2)7(9)8-6(3)4;1-4-5-7(9)8-6(2)3;1-4-5-7(8)6(2)3;1-4(2)9-6(10)3-5(7)8;2*1-5(2)8-6(9)3-4-7;2*1-4-6(8)7-5(2)3;1-4-6(7)5(2)3;1-4-9(7,8)6-5(2)3;;/h5-6,8H,7H2,1-4H3,(H,10,12);5,7H,1-4H3,(H,9,10);2*4-5,7H,6H2,1-3H3;2*4-5H,1-3H3,(H,9,10);6H,1H2,2-4H3,(H,8,9);6H,1-3H3,(H,8,9);6H,1-3H3;3-4H,1-2H3,(H,9,10);2*3-5H,1-2H3,(H,8,9);4-5H,1H2,2-3H3,(H,7,8);1,5H,2-3H3,(H,7,8);4-5H,1H2,2-3H3;4-6H,1H2,2-3H3;2*1H4/b6-5+;;5-4+;5-4-;6-4+;6-4-;;;;;4-3+;4-3-;;;;;;. The third-order valence-electron chi connectivity index (χ3n) is 12.2. The molecule has 0 radical (unpaired) electrons. The average molecular weight is 2130 g/mol. The highest BCUT2D eigenvalue weighted by Crippen LogP contribution is 2.03. The van der Waals surface area contributed by atoms with Crippen LogP contribution in [-0.2, 0) is 81.9 Å². The Bertz CT molecular complexity index is 3990. The van der Waals surface area contributed by atoms with E-state index >= 15 is 0 Å². The molecule has 0 aliphatic heterocycles. The van der Waals surface area contributed by atoms with E-state index < -0.39 is 45.5 Å². The molecule has 0 fully saturated rings. The van der Waals surface area contributed by atoms with Crippen molar-refractivity contribution in [1.82, 2.24) is 68.1 Å². The molecular formula is C111H197F6N13O17S. The number of rotatable bonds is 34. The fraction of sp³-hybridized carbons (Fsp3) is 0.577. The number of amides is 11. The predicted molar refractivity (Wildman–Crippen MR) is 604 cm³/mol. The van der Waals surface area contributed by atoms with Crippen molar-refractivity contribution in [3.8, 4) is 36.0 Å². The van der Waals surface area contributed by atoms with Crippen LogP contribution in [0, 0.1) is 59.7 Å². The van der Waals surface area contributed by atoms with Crippen LogP contribution >= 0.6 is 0 Å². The Morgan fingerprint density at radius 3 is 0.824 bits per heavy atom. The molecule has 0 aliphatic carbocycles. The van der Waals surface area contributed by atoms with Crippen LogP contribution in [0.15, 0.2) is 158 Å². The van der Waals surface area contributed by atoms with Gasteiger partial charge in [-0.3, -0.25) is 71.9 Å². The van der Waals surface area contributed by atoms with E-state index in [4.69, 9.17) is 6.42 Å². The van der Waals surface area contributed by atoms with Gasteiger partial charge in [0.25, 0.3) is 17.9 Å². The van der Waals surface area contributed by atoms with Gasteiger partial charge in [0.15, 0.2) is 17.3 Å². The van der Waals surface area contributed by atoms with E-state index in [-0.39, 0.29) is 188 Å². The van der Waals surface area contributed by atoms with Crippen LogP contribution < -0.4 is 63.2 Å². The summed E-state index contributed by atoms with van der Waals surface area (Å²) in [5.74, 6) is 9.55. The Kier molecular flexibility index (Phi) is 144. The maximum Gasteiger partial charge on any atom is 0.296 e. The second-order valence-corrected chi connectivity index (χ2v) is 37.5. The molecule has 0 bridgehead atoms. The zero-order chi connectivity index (χ0) is 119. The molecule has 37 heteroatoms. The lowest BCUT2D eigenvalue weighted by Gasteiger charge is -2.06. The first-order valence-electron chi connectivity index (χ1n) is 47.5. The van der Waals surface area contributed by atoms with Crippen LogP contribution in [0.1, 0.15) is 312 Å². The topological polar surface area (TPSA) is 438 Å². The second-order valence-electron chi connectivity index (χ2n) is 35.8. The van der Waals surface area contributed by atoms with E-state index in [9.17, 15) is 107 Å². The minimum Gasteiger partial charge on any atom is -0.350 e. The summed E-state index contributed by atoms with van der Waals surface area (Å²) in [6.07, 6.45) is 22.8. The number of carbonyl (C=O) groups excluding carboxylic acids is 15. The molecule has 856 valence electrons. The van der Waals surface area contributed by atoms with Crippen molar-refractivity contribution >= 4 is 98.1 Å². The van der Waals surface area contributed by atoms with Gasteiger partial charge in [-0.25, -0.2) is 30.7 Å². The van der Waals surface area contributed by atoms with E-state index in [1.807, 2.05) is 253 Å². The molecular weight excluding hydrogens is 1930 g/mol. The summed E-state index contributed by atoms with van der Waals surface area (Å²) < 4.78 is 92.7. The minimum atomic E-state index is -3.20. The zero-order valence-corrected chi connectivity index (χ0v) is 97.0. The Balaban J connectivity index is -0.0000000761. The molecule has 12 N–H and O–H groups in total. The lowest BCUT2D eigenvalue weighted by molar-refractivity contribution is -0.118. The van der Waals surface area contributed by atoms with Crippen molar-refractivity contribution in [2.75, 3.05) is 20.6 Å². The molecule has 0 unspecified atom stereocenters. The van der Waals surface area contributed by atoms with E-state index in [0.29, 0.717) is 30.3 Å². The molecule has 0 heterocycles. The molecule has 0 aromatic rings. The molecule has 11 amide bonds. The number of halogens is 6. The highest BCUT2D eigenvalue weighted by atomic mass is 32.2. The summed E-state index contributed by atoms with van der Waals surface area (Å²) in [5.41, 5.74) is 1.59. The molecule has 0 saturated heterocycles. The van der Waals surface area contributed by atoms with Crippen LogP contribution in [0.2, 0.25) is 0 Å². The van der Waals surface area contributed by atoms with Gasteiger partial charge in [-0.05, 0) is 296 Å². The SMILES string of the molecule is C.C.C#CC(=O)NC(C)C.C/C(F)=C/C(=O)NC(C)C.C/C(F)=C\C(=O)NC(C)C.C/C=C/C(=O)CC(C)C.C/C=C\C(=O)CC(C)C.C=C(C)C(=O)NC(C)C.C=CC(=O)C(C)C.C=CC(=O)NC(C)C.C=CS(=O)(=O)NC(C)C.CC#CC(=O)C(C)C.CC#CC(=O)NC(C)C.CC(C)=CC(=O)NC(C)C.CC(C)NC(=O)/C=C/CN(C)C.CC(C)NC(=O)/C=C/F.CC(C)NC(=O)/C=C\F.CC(C)NC(=O)C=C(F)F. The first-order chi connectivity index (χ1) is 66.6. The van der Waals surface area contributed by atoms with E-state index in [1.165, 1.54) is 26.0 Å². The van der Waals surface area contributed by atoms with Gasteiger partial charge < -0.3 is 63.4 Å². The number of hydrogen-bond acceptors (Lipinski definition) is 18. The molecule has 148 heavy (non-hydrogen) atoms. The van der Waals surface area contributed by atoms with Crippen LogP contribution in [0.4, 0.5) is 26.3 Å². The summed E-state index contributed by atoms with van der Waals surface area (Å²) in [7, 11) is 0.721. The third kappa shape index (κ3) is 211. The number of carbonyl (C=O) groups is 15. The van der Waals surface area contributed by atoms with E-state index in [2.05, 4.69) is 113 Å². The third-order valence-corrected chi connectivity index (χ3v) is 13.5. The van der Waals surface area contributed by atoms with Gasteiger partial charge in [0.05, 0.1) is 18.7 Å². The molecule has 0 aromatic carbocycles. The van der Waals surface area contributed by atoms with Crippen molar-refractivity contribution in [3.63, 3.8) is 0 Å². The van der Waals surface area contributed by atoms with Gasteiger partial charge in [0, 0.05) is 151 Å². The Morgan fingerprint density at radius 2 is 0.655 bits per heavy atom. The summed E-state index contributed by atoms with van der Waals surface area (Å²) in [6.45, 7) is 88.9. The van der Waals surface area contributed by atoms with Crippen LogP contribution in [-0.4, -0.2) is 195 Å². The largest absolute Gasteiger partial charge is 0.350 e. The highest BCUT2D eigenvalue weighted by molar-refractivity contribution is 7.92. The molecule has 0 aliphatic rings. The lowest BCUT2D eigenvalue weighted by atomic mass is 10.1. The van der Waals surface area contributed by atoms with Gasteiger partial charge in [0.2, 0.25) is 69.0 Å². The number of ketones is 4. The van der Waals surface area contributed by atoms with Gasteiger partial charge in [-0.1, -0.05) is 132 Å². The molecule has 0 spiro atoms. The fourth-order valence-corrected chi connectivity index (χ4v) is 7.90. The monoisotopic (exact) mass is 2130 g/mol. The maximum absolute atomic E-state index is 12.0. The first kappa shape index (κ1) is 178. The summed E-state index contributed by atoms with van der Waals surface area (Å²) in [6, 6.07) is 1.24. The average Bonchev–Trinajstić information content (AvgIpc) is 0.936. The minimum absolute atomic E-state index is 0. The molecule has 0 atom stereocenters. The quantitative estimate of drug-likeness (QED) is 0.0123. The van der Waals surface area contributed by atoms with Gasteiger partial charge >= 0.3 is 0 Å². The number of nitrogens with one attached hydrogen (secondary N) is 12. The molecule has 30 nitrogen and oxygen atoms in total. The Morgan fingerprint density at radius 1 is 0.372 bits per heavy atom. The van der Waals surface area contributed by atoms with Crippen LogP contribution in [0.3, 0.4) is 0 Å². The summed E-state index contributed by atoms with van der Waals surface area (Å²) in [4.78, 5) is 161. The van der Waals surface area contributed by atoms with Crippen molar-refractivity contribution < 1.29 is 107 Å². The van der Waals surface area contributed by atoms with Crippen molar-refractivity contribution in [2.45, 2.75) is 384 Å². The number of sulfonamides is 1. The van der Waals surface area contributed by atoms with Gasteiger partial charge in [-0.2, -0.15) is 8.78 Å². The predicted octanol–water partition coefficient (Wildman–Crippen LogP) is 19.3.